The fourth-order valence-corrected chi connectivity index (χ4v) is 2.55. The van der Waals surface area contributed by atoms with Gasteiger partial charge in [-0.05, 0) is 31.3 Å². The van der Waals surface area contributed by atoms with Crippen LogP contribution in [0, 0.1) is 20.2 Å². The van der Waals surface area contributed by atoms with Crippen LogP contribution in [0.25, 0.3) is 0 Å². The molecule has 0 fully saturated rings. The van der Waals surface area contributed by atoms with E-state index in [1.807, 2.05) is 0 Å². The van der Waals surface area contributed by atoms with Crippen molar-refractivity contribution >= 4 is 17.3 Å². The fraction of sp³-hybridized carbons (Fsp3) is 0.438. The normalized spacial score (nSPS) is 17.1. The molecule has 0 saturated carbocycles. The molecule has 1 aliphatic carbocycles. The number of carbonyl (C=O) groups is 1. The van der Waals surface area contributed by atoms with Gasteiger partial charge >= 0.3 is 5.97 Å². The van der Waals surface area contributed by atoms with E-state index in [0.717, 1.165) is 55.9 Å². The van der Waals surface area contributed by atoms with Gasteiger partial charge in [-0.2, -0.15) is 0 Å². The van der Waals surface area contributed by atoms with Gasteiger partial charge < -0.3 is 4.74 Å². The average Bonchev–Trinajstić information content (AvgIpc) is 2.53. The second-order valence-corrected chi connectivity index (χ2v) is 5.64. The van der Waals surface area contributed by atoms with Crippen LogP contribution >= 0.6 is 0 Å². The lowest BCUT2D eigenvalue weighted by atomic mass is 10.0. The molecule has 1 aromatic carbocycles. The molecule has 0 radical (unpaired) electrons. The molecule has 0 aromatic heterocycles. The molecule has 0 N–H and O–H groups in total. The summed E-state index contributed by atoms with van der Waals surface area (Å²) in [6, 6.07) is 2.79. The highest BCUT2D eigenvalue weighted by Crippen LogP contribution is 2.24. The number of nitro benzene ring substituents is 2. The van der Waals surface area contributed by atoms with Gasteiger partial charge in [0.25, 0.3) is 11.4 Å². The standard InChI is InChI=1S/C16H18N2O6/c19-16(24-11-12-6-4-2-1-3-5-7-12)13-8-14(17(20)21)10-15(9-13)18(22)23/h6,8-10H,1-5,7,11H2/b12-6+. The summed E-state index contributed by atoms with van der Waals surface area (Å²) < 4.78 is 5.18. The van der Waals surface area contributed by atoms with E-state index >= 15 is 0 Å². The van der Waals surface area contributed by atoms with E-state index < -0.39 is 27.2 Å². The van der Waals surface area contributed by atoms with Crippen molar-refractivity contribution in [2.24, 2.45) is 0 Å². The largest absolute Gasteiger partial charge is 0.458 e. The quantitative estimate of drug-likeness (QED) is 0.349. The molecule has 0 atom stereocenters. The lowest BCUT2D eigenvalue weighted by Crippen LogP contribution is -2.10. The van der Waals surface area contributed by atoms with Gasteiger partial charge in [0.05, 0.1) is 21.5 Å². The molecule has 0 unspecified atom stereocenters. The van der Waals surface area contributed by atoms with Crippen molar-refractivity contribution in [1.29, 1.82) is 0 Å². The minimum Gasteiger partial charge on any atom is -0.458 e. The van der Waals surface area contributed by atoms with Gasteiger partial charge in [-0.25, -0.2) is 4.79 Å². The first-order chi connectivity index (χ1) is 11.5. The second-order valence-electron chi connectivity index (χ2n) is 5.64. The zero-order valence-electron chi connectivity index (χ0n) is 13.1. The van der Waals surface area contributed by atoms with Crippen LogP contribution in [-0.2, 0) is 4.74 Å². The van der Waals surface area contributed by atoms with E-state index in [1.54, 1.807) is 0 Å². The predicted octanol–water partition coefficient (Wildman–Crippen LogP) is 3.94. The first-order valence-electron chi connectivity index (χ1n) is 7.76. The van der Waals surface area contributed by atoms with E-state index in [2.05, 4.69) is 6.08 Å². The van der Waals surface area contributed by atoms with Crippen molar-refractivity contribution in [1.82, 2.24) is 0 Å². The Balaban J connectivity index is 2.11. The van der Waals surface area contributed by atoms with Crippen molar-refractivity contribution in [3.8, 4) is 0 Å². The van der Waals surface area contributed by atoms with Crippen LogP contribution in [0.1, 0.15) is 48.9 Å². The molecule has 1 aliphatic rings. The van der Waals surface area contributed by atoms with E-state index in [1.165, 1.54) is 6.42 Å². The molecule has 1 aromatic rings. The zero-order chi connectivity index (χ0) is 17.5. The Hall–Kier alpha value is -2.77. The van der Waals surface area contributed by atoms with E-state index in [0.29, 0.717) is 0 Å². The van der Waals surface area contributed by atoms with Crippen molar-refractivity contribution in [3.05, 3.63) is 55.6 Å². The van der Waals surface area contributed by atoms with Crippen LogP contribution in [0.3, 0.4) is 0 Å². The summed E-state index contributed by atoms with van der Waals surface area (Å²) >= 11 is 0. The van der Waals surface area contributed by atoms with Crippen LogP contribution in [0.5, 0.6) is 0 Å². The fourth-order valence-electron chi connectivity index (χ4n) is 2.55. The number of carbonyl (C=O) groups excluding carboxylic acids is 1. The summed E-state index contributed by atoms with van der Waals surface area (Å²) in [7, 11) is 0. The second kappa shape index (κ2) is 8.19. The minimum atomic E-state index is -0.801. The van der Waals surface area contributed by atoms with Crippen LogP contribution in [0.2, 0.25) is 0 Å². The molecule has 128 valence electrons. The Labute approximate surface area is 138 Å². The van der Waals surface area contributed by atoms with Gasteiger partial charge in [-0.15, -0.1) is 0 Å². The van der Waals surface area contributed by atoms with Gasteiger partial charge in [-0.1, -0.05) is 18.9 Å². The number of nitrogens with zero attached hydrogens (tertiary/aromatic N) is 2. The highest BCUT2D eigenvalue weighted by molar-refractivity contribution is 5.91. The molecule has 0 aliphatic heterocycles. The van der Waals surface area contributed by atoms with Gasteiger partial charge in [0.2, 0.25) is 0 Å². The first-order valence-corrected chi connectivity index (χ1v) is 7.76. The average molecular weight is 334 g/mol. The molecule has 8 heteroatoms. The van der Waals surface area contributed by atoms with E-state index in [-0.39, 0.29) is 12.2 Å². The Morgan fingerprint density at radius 1 is 1.00 bits per heavy atom. The molecule has 0 bridgehead atoms. The number of hydrogen-bond donors (Lipinski definition) is 0. The molecule has 0 spiro atoms. The Morgan fingerprint density at radius 3 is 2.25 bits per heavy atom. The Bertz CT molecular complexity index is 651. The number of benzene rings is 1. The van der Waals surface area contributed by atoms with Crippen molar-refractivity contribution < 1.29 is 19.4 Å². The van der Waals surface area contributed by atoms with Crippen LogP contribution in [-0.4, -0.2) is 22.4 Å². The van der Waals surface area contributed by atoms with Crippen molar-refractivity contribution in [2.45, 2.75) is 38.5 Å². The molecule has 24 heavy (non-hydrogen) atoms. The minimum absolute atomic E-state index is 0.106. The van der Waals surface area contributed by atoms with Crippen molar-refractivity contribution in [2.75, 3.05) is 6.61 Å². The topological polar surface area (TPSA) is 113 Å². The first kappa shape index (κ1) is 17.6. The molecule has 0 amide bonds. The third-order valence-electron chi connectivity index (χ3n) is 3.83. The maximum atomic E-state index is 12.1. The van der Waals surface area contributed by atoms with Crippen LogP contribution < -0.4 is 0 Å². The molecule has 0 heterocycles. The molecule has 8 nitrogen and oxygen atoms in total. The van der Waals surface area contributed by atoms with E-state index in [4.69, 9.17) is 4.74 Å². The van der Waals surface area contributed by atoms with Crippen LogP contribution in [0.15, 0.2) is 29.8 Å². The van der Waals surface area contributed by atoms with Gasteiger partial charge in [0.15, 0.2) is 0 Å². The van der Waals surface area contributed by atoms with Crippen LogP contribution in [0.4, 0.5) is 11.4 Å². The summed E-state index contributed by atoms with van der Waals surface area (Å²) in [6.07, 6.45) is 8.32. The smallest absolute Gasteiger partial charge is 0.338 e. The Kier molecular flexibility index (Phi) is 6.00. The highest BCUT2D eigenvalue weighted by atomic mass is 16.6. The SMILES string of the molecule is O=C(OC/C1=C/CCCCCC1)c1cc([N+](=O)[O-])cc([N+](=O)[O-])c1. The monoisotopic (exact) mass is 334 g/mol. The number of hydrogen-bond acceptors (Lipinski definition) is 6. The van der Waals surface area contributed by atoms with Gasteiger partial charge in [-0.3, -0.25) is 20.2 Å². The lowest BCUT2D eigenvalue weighted by molar-refractivity contribution is -0.394. The van der Waals surface area contributed by atoms with Gasteiger partial charge in [0.1, 0.15) is 6.61 Å². The molecule has 2 rings (SSSR count). The number of non-ortho nitro benzene ring substituents is 2. The molecule has 0 saturated heterocycles. The number of ether oxygens (including phenoxy) is 1. The maximum absolute atomic E-state index is 12.1. The summed E-state index contributed by atoms with van der Waals surface area (Å²) in [5.74, 6) is -0.801. The predicted molar refractivity (Wildman–Crippen MR) is 85.8 cm³/mol. The van der Waals surface area contributed by atoms with Crippen molar-refractivity contribution in [3.63, 3.8) is 0 Å². The summed E-state index contributed by atoms with van der Waals surface area (Å²) in [4.78, 5) is 32.2. The zero-order valence-corrected chi connectivity index (χ0v) is 13.1. The number of rotatable bonds is 5. The summed E-state index contributed by atoms with van der Waals surface area (Å²) in [6.45, 7) is 0.106. The number of nitro groups is 2. The lowest BCUT2D eigenvalue weighted by Gasteiger charge is -2.12. The maximum Gasteiger partial charge on any atom is 0.338 e. The summed E-state index contributed by atoms with van der Waals surface area (Å²) in [5.41, 5.74) is -0.201. The third kappa shape index (κ3) is 4.87. The molecular weight excluding hydrogens is 316 g/mol. The molecular formula is C16H18N2O6. The van der Waals surface area contributed by atoms with Gasteiger partial charge in [0, 0.05) is 12.1 Å². The third-order valence-corrected chi connectivity index (χ3v) is 3.83. The Morgan fingerprint density at radius 2 is 1.62 bits per heavy atom. The van der Waals surface area contributed by atoms with E-state index in [9.17, 15) is 25.0 Å². The number of esters is 1. The summed E-state index contributed by atoms with van der Waals surface area (Å²) in [5, 5.41) is 21.7. The number of allylic oxidation sites excluding steroid dienone is 1. The highest BCUT2D eigenvalue weighted by Gasteiger charge is 2.21.